The van der Waals surface area contributed by atoms with E-state index in [2.05, 4.69) is 56.6 Å². The Bertz CT molecular complexity index is 2590. The number of carbonyl (C=O) groups excluding carboxylic acids is 3. The Kier molecular flexibility index (Phi) is 11.5. The number of nitrogens with one attached hydrogen (secondary N) is 3. The summed E-state index contributed by atoms with van der Waals surface area (Å²) in [5.74, 6) is -0.543. The number of halogens is 2. The fraction of sp³-hybridized carbons (Fsp3) is 0.325. The summed E-state index contributed by atoms with van der Waals surface area (Å²) in [6.45, 7) is 5.05. The SMILES string of the molecule is COc1cc(N2CCN(Cc3ccc4c(c3F)CN(C3CCC(=O)NC3=O)C4=O)CC2)c(C)cc1Nc1ncc(Br)c(Nc2ccc3nccnc3c2P(=O)(OC)OC)n1. The number of piperazine rings is 1. The van der Waals surface area contributed by atoms with Gasteiger partial charge in [0.2, 0.25) is 17.8 Å². The van der Waals surface area contributed by atoms with Crippen molar-refractivity contribution in [2.45, 2.75) is 38.9 Å². The minimum Gasteiger partial charge on any atom is -0.494 e. The van der Waals surface area contributed by atoms with Crippen LogP contribution in [0.5, 0.6) is 5.75 Å². The highest BCUT2D eigenvalue weighted by Gasteiger charge is 2.41. The summed E-state index contributed by atoms with van der Waals surface area (Å²) in [6, 6.07) is 9.87. The summed E-state index contributed by atoms with van der Waals surface area (Å²) >= 11 is 3.52. The van der Waals surface area contributed by atoms with Gasteiger partial charge in [0, 0.05) is 100 Å². The van der Waals surface area contributed by atoms with E-state index in [4.69, 9.17) is 18.8 Å². The number of aromatic nitrogens is 4. The van der Waals surface area contributed by atoms with Crippen molar-refractivity contribution in [2.75, 3.05) is 63.0 Å². The average molecular weight is 904 g/mol. The van der Waals surface area contributed by atoms with Crippen LogP contribution in [0.2, 0.25) is 0 Å². The average Bonchev–Trinajstić information content (AvgIpc) is 3.59. The van der Waals surface area contributed by atoms with E-state index in [1.54, 1.807) is 43.8 Å². The Labute approximate surface area is 352 Å². The van der Waals surface area contributed by atoms with Crippen LogP contribution in [0.1, 0.15) is 39.9 Å². The summed E-state index contributed by atoms with van der Waals surface area (Å²) in [5, 5.41) is 9.00. The van der Waals surface area contributed by atoms with E-state index < -0.39 is 31.3 Å². The normalized spacial score (nSPS) is 17.2. The van der Waals surface area contributed by atoms with E-state index in [9.17, 15) is 18.9 Å². The van der Waals surface area contributed by atoms with Gasteiger partial charge in [-0.3, -0.25) is 39.1 Å². The molecule has 3 aliphatic heterocycles. The number of anilines is 5. The number of carbonyl (C=O) groups is 3. The van der Waals surface area contributed by atoms with E-state index in [0.29, 0.717) is 76.7 Å². The highest BCUT2D eigenvalue weighted by Crippen LogP contribution is 2.49. The predicted octanol–water partition coefficient (Wildman–Crippen LogP) is 5.32. The third-order valence-electron chi connectivity index (χ3n) is 11.0. The maximum Gasteiger partial charge on any atom is 0.365 e. The molecule has 3 amide bonds. The van der Waals surface area contributed by atoms with Crippen LogP contribution >= 0.6 is 23.5 Å². The molecule has 0 saturated carbocycles. The van der Waals surface area contributed by atoms with Crippen LogP contribution in [0.4, 0.5) is 33.2 Å². The number of amides is 3. The highest BCUT2D eigenvalue weighted by molar-refractivity contribution is 9.10. The van der Waals surface area contributed by atoms with Crippen molar-refractivity contribution in [3.63, 3.8) is 0 Å². The van der Waals surface area contributed by atoms with Gasteiger partial charge >= 0.3 is 7.60 Å². The lowest BCUT2D eigenvalue weighted by Gasteiger charge is -2.37. The van der Waals surface area contributed by atoms with Gasteiger partial charge < -0.3 is 34.2 Å². The van der Waals surface area contributed by atoms with Gasteiger partial charge in [-0.25, -0.2) is 9.37 Å². The lowest BCUT2D eigenvalue weighted by Crippen LogP contribution is -2.52. The van der Waals surface area contributed by atoms with Crippen LogP contribution in [-0.2, 0) is 36.3 Å². The molecule has 0 radical (unpaired) electrons. The molecule has 60 heavy (non-hydrogen) atoms. The molecule has 20 heteroatoms. The Hall–Kier alpha value is -5.59. The molecule has 2 fully saturated rings. The first-order valence-corrected chi connectivity index (χ1v) is 21.4. The molecule has 3 N–H and O–H groups in total. The zero-order valence-corrected chi connectivity index (χ0v) is 35.6. The number of hydrogen-bond donors (Lipinski definition) is 3. The number of benzene rings is 3. The molecule has 5 aromatic rings. The maximum atomic E-state index is 15.9. The molecular formula is C40H41BrFN10O7P. The minimum absolute atomic E-state index is 0.0120. The maximum absolute atomic E-state index is 15.9. The lowest BCUT2D eigenvalue weighted by atomic mass is 10.0. The summed E-state index contributed by atoms with van der Waals surface area (Å²) in [7, 11) is 0.386. The van der Waals surface area contributed by atoms with Gasteiger partial charge in [0.1, 0.15) is 34.2 Å². The van der Waals surface area contributed by atoms with E-state index in [1.165, 1.54) is 25.3 Å². The van der Waals surface area contributed by atoms with E-state index >= 15 is 4.39 Å². The first kappa shape index (κ1) is 41.2. The largest absolute Gasteiger partial charge is 0.494 e. The number of hydrogen-bond acceptors (Lipinski definition) is 15. The number of rotatable bonds is 12. The smallest absolute Gasteiger partial charge is 0.365 e. The van der Waals surface area contributed by atoms with Crippen molar-refractivity contribution in [1.29, 1.82) is 0 Å². The Morgan fingerprint density at radius 3 is 2.47 bits per heavy atom. The lowest BCUT2D eigenvalue weighted by molar-refractivity contribution is -0.136. The van der Waals surface area contributed by atoms with Gasteiger partial charge in [-0.05, 0) is 59.1 Å². The number of imide groups is 1. The molecule has 2 saturated heterocycles. The summed E-state index contributed by atoms with van der Waals surface area (Å²) in [4.78, 5) is 61.0. The Morgan fingerprint density at radius 1 is 0.967 bits per heavy atom. The molecule has 312 valence electrons. The Balaban J connectivity index is 0.946. The number of methoxy groups -OCH3 is 1. The first-order chi connectivity index (χ1) is 28.9. The van der Waals surface area contributed by atoms with Gasteiger partial charge in [-0.15, -0.1) is 0 Å². The van der Waals surface area contributed by atoms with Crippen LogP contribution in [-0.4, -0.2) is 101 Å². The molecule has 1 unspecified atom stereocenters. The van der Waals surface area contributed by atoms with Crippen LogP contribution in [0.25, 0.3) is 11.0 Å². The number of nitrogens with zero attached hydrogens (tertiary/aromatic N) is 7. The molecule has 5 heterocycles. The molecule has 17 nitrogen and oxygen atoms in total. The monoisotopic (exact) mass is 902 g/mol. The highest BCUT2D eigenvalue weighted by atomic mass is 79.9. The van der Waals surface area contributed by atoms with Crippen LogP contribution in [0, 0.1) is 12.7 Å². The predicted molar refractivity (Wildman–Crippen MR) is 225 cm³/mol. The second-order valence-electron chi connectivity index (χ2n) is 14.5. The molecule has 0 bridgehead atoms. The van der Waals surface area contributed by atoms with Crippen LogP contribution < -0.4 is 30.9 Å². The third-order valence-corrected chi connectivity index (χ3v) is 13.5. The Morgan fingerprint density at radius 2 is 1.73 bits per heavy atom. The van der Waals surface area contributed by atoms with Crippen molar-refractivity contribution in [3.05, 3.63) is 87.5 Å². The quantitative estimate of drug-likeness (QED) is 0.108. The molecule has 8 rings (SSSR count). The first-order valence-electron chi connectivity index (χ1n) is 19.0. The molecule has 2 aromatic heterocycles. The van der Waals surface area contributed by atoms with E-state index in [1.807, 2.05) is 19.1 Å². The zero-order valence-electron chi connectivity index (χ0n) is 33.1. The molecule has 3 aliphatic rings. The van der Waals surface area contributed by atoms with Crippen molar-refractivity contribution < 1.29 is 37.1 Å². The van der Waals surface area contributed by atoms with Gasteiger partial charge in [0.25, 0.3) is 5.91 Å². The van der Waals surface area contributed by atoms with Gasteiger partial charge in [-0.1, -0.05) is 6.07 Å². The van der Waals surface area contributed by atoms with Crippen LogP contribution in [0.3, 0.4) is 0 Å². The molecule has 1 atom stereocenters. The fourth-order valence-electron chi connectivity index (χ4n) is 7.87. The van der Waals surface area contributed by atoms with Crippen molar-refractivity contribution in [1.82, 2.24) is 35.1 Å². The molecule has 0 aliphatic carbocycles. The fourth-order valence-corrected chi connectivity index (χ4v) is 9.53. The van der Waals surface area contributed by atoms with E-state index in [0.717, 1.165) is 11.3 Å². The van der Waals surface area contributed by atoms with E-state index in [-0.39, 0.29) is 47.7 Å². The van der Waals surface area contributed by atoms with Crippen molar-refractivity contribution >= 4 is 86.4 Å². The number of ether oxygens (including phenoxy) is 1. The third kappa shape index (κ3) is 7.78. The minimum atomic E-state index is -3.81. The summed E-state index contributed by atoms with van der Waals surface area (Å²) in [5.41, 5.74) is 4.89. The van der Waals surface area contributed by atoms with Crippen LogP contribution in [0.15, 0.2) is 59.5 Å². The summed E-state index contributed by atoms with van der Waals surface area (Å²) < 4.78 is 46.8. The number of piperidine rings is 1. The summed E-state index contributed by atoms with van der Waals surface area (Å²) in [6.07, 6.45) is 4.98. The molecule has 3 aromatic carbocycles. The molecular weight excluding hydrogens is 862 g/mol. The van der Waals surface area contributed by atoms with Gasteiger partial charge in [0.05, 0.1) is 35.0 Å². The second-order valence-corrected chi connectivity index (χ2v) is 17.5. The van der Waals surface area contributed by atoms with Gasteiger partial charge in [-0.2, -0.15) is 4.98 Å². The molecule has 0 spiro atoms. The standard InChI is InChI=1S/C40H41BrFN10O7P/c1-22-17-29(47-40-45-19-26(41)37(49-40)46-28-8-7-27-35(44-12-11-43-27)36(28)60(56,58-3)59-4)32(57-2)18-31(22)51-15-13-50(14-16-51)20-23-5-6-24-25(34(23)42)21-52(39(24)55)30-9-10-33(53)48-38(30)54/h5-8,11-12,17-19,30H,9-10,13-16,20-21H2,1-4H3,(H,48,53,54)(H2,45,46,47,49). The number of fused-ring (bicyclic) bond motifs is 2. The van der Waals surface area contributed by atoms with Gasteiger partial charge in [0.15, 0.2) is 0 Å². The topological polar surface area (TPSA) is 193 Å². The van der Waals surface area contributed by atoms with Crippen molar-refractivity contribution in [3.8, 4) is 5.75 Å². The second kappa shape index (κ2) is 16.8. The van der Waals surface area contributed by atoms with Crippen molar-refractivity contribution in [2.24, 2.45) is 0 Å². The zero-order chi connectivity index (χ0) is 42.3. The number of aryl methyl sites for hydroxylation is 1.